The summed E-state index contributed by atoms with van der Waals surface area (Å²) >= 11 is 0. The molecule has 1 saturated heterocycles. The van der Waals surface area contributed by atoms with Crippen molar-refractivity contribution < 1.29 is 19.4 Å². The minimum absolute atomic E-state index is 0.400. The molecule has 2 unspecified atom stereocenters. The van der Waals surface area contributed by atoms with Crippen molar-refractivity contribution in [3.8, 4) is 0 Å². The number of ether oxygens (including phenoxy) is 2. The molecule has 3 rings (SSSR count). The summed E-state index contributed by atoms with van der Waals surface area (Å²) in [7, 11) is 0. The van der Waals surface area contributed by atoms with Crippen LogP contribution >= 0.6 is 0 Å². The van der Waals surface area contributed by atoms with Gasteiger partial charge in [-0.15, -0.1) is 0 Å². The molecule has 0 spiro atoms. The predicted octanol–water partition coefficient (Wildman–Crippen LogP) is 3.56. The lowest BCUT2D eigenvalue weighted by Gasteiger charge is -2.32. The normalized spacial score (nSPS) is 25.3. The molecule has 1 aliphatic rings. The topological polar surface area (TPSA) is 55.8 Å². The number of aliphatic hydroxyl groups excluding tert-OH is 1. The van der Waals surface area contributed by atoms with Crippen LogP contribution in [0.25, 0.3) is 0 Å². The van der Waals surface area contributed by atoms with Gasteiger partial charge in [0.05, 0.1) is 0 Å². The van der Waals surface area contributed by atoms with Crippen LogP contribution in [0.1, 0.15) is 38.0 Å². The highest BCUT2D eigenvalue weighted by atomic mass is 16.8. The second kappa shape index (κ2) is 6.04. The minimum Gasteiger partial charge on any atom is -0.433 e. The van der Waals surface area contributed by atoms with Crippen molar-refractivity contribution in [1.82, 2.24) is 0 Å². The number of hydrogen-bond acceptors (Lipinski definition) is 4. The average Bonchev–Trinajstić information content (AvgIpc) is 2.94. The van der Waals surface area contributed by atoms with E-state index in [4.69, 9.17) is 9.47 Å². The van der Waals surface area contributed by atoms with Gasteiger partial charge in [-0.3, -0.25) is 0 Å². The van der Waals surface area contributed by atoms with Gasteiger partial charge in [0, 0.05) is 5.41 Å². The molecule has 4 heteroatoms. The van der Waals surface area contributed by atoms with E-state index in [2.05, 4.69) is 0 Å². The molecule has 1 aliphatic heterocycles. The fraction of sp³-hybridized carbons (Fsp3) is 0.350. The Morgan fingerprint density at radius 1 is 1.00 bits per heavy atom. The van der Waals surface area contributed by atoms with Crippen LogP contribution < -0.4 is 0 Å². The van der Waals surface area contributed by atoms with Gasteiger partial charge in [-0.05, 0) is 11.1 Å². The summed E-state index contributed by atoms with van der Waals surface area (Å²) in [4.78, 5) is 12.9. The molecule has 4 nitrogen and oxygen atoms in total. The lowest BCUT2D eigenvalue weighted by Crippen LogP contribution is -2.41. The van der Waals surface area contributed by atoms with Crippen LogP contribution in [-0.4, -0.2) is 17.4 Å². The van der Waals surface area contributed by atoms with Gasteiger partial charge in [0.25, 0.3) is 0 Å². The van der Waals surface area contributed by atoms with E-state index < -0.39 is 29.4 Å². The predicted molar refractivity (Wildman–Crippen MR) is 89.9 cm³/mol. The number of esters is 1. The number of carbonyl (C=O) groups excluding carboxylic acids is 1. The molecule has 1 heterocycles. The first kappa shape index (κ1) is 16.7. The minimum atomic E-state index is -1.57. The Labute approximate surface area is 142 Å². The molecular weight excluding hydrogens is 304 g/mol. The first-order valence-corrected chi connectivity index (χ1v) is 8.03. The number of carbonyl (C=O) groups is 1. The second-order valence-electron chi connectivity index (χ2n) is 7.14. The van der Waals surface area contributed by atoms with Gasteiger partial charge >= 0.3 is 5.97 Å². The van der Waals surface area contributed by atoms with E-state index in [0.717, 1.165) is 0 Å². The number of aliphatic hydroxyl groups is 1. The highest BCUT2D eigenvalue weighted by Crippen LogP contribution is 2.47. The van der Waals surface area contributed by atoms with E-state index in [-0.39, 0.29) is 0 Å². The number of benzene rings is 2. The Morgan fingerprint density at radius 3 is 2.04 bits per heavy atom. The Morgan fingerprint density at radius 2 is 1.54 bits per heavy atom. The summed E-state index contributed by atoms with van der Waals surface area (Å²) in [5, 5.41) is 11.1. The Kier molecular flexibility index (Phi) is 4.20. The molecule has 24 heavy (non-hydrogen) atoms. The summed E-state index contributed by atoms with van der Waals surface area (Å²) in [6.45, 7) is 5.79. The highest BCUT2D eigenvalue weighted by Gasteiger charge is 2.59. The molecule has 0 aliphatic carbocycles. The monoisotopic (exact) mass is 326 g/mol. The summed E-state index contributed by atoms with van der Waals surface area (Å²) < 4.78 is 11.6. The van der Waals surface area contributed by atoms with Crippen LogP contribution in [0, 0.1) is 5.41 Å². The highest BCUT2D eigenvalue weighted by molar-refractivity contribution is 5.84. The van der Waals surface area contributed by atoms with Gasteiger partial charge in [0.1, 0.15) is 6.10 Å². The third kappa shape index (κ3) is 2.72. The number of cyclic esters (lactones) is 1. The van der Waals surface area contributed by atoms with Crippen molar-refractivity contribution >= 4 is 5.97 Å². The van der Waals surface area contributed by atoms with Crippen molar-refractivity contribution in [3.05, 3.63) is 71.8 Å². The number of hydrogen-bond donors (Lipinski definition) is 1. The van der Waals surface area contributed by atoms with E-state index >= 15 is 0 Å². The second-order valence-corrected chi connectivity index (χ2v) is 7.14. The van der Waals surface area contributed by atoms with Gasteiger partial charge in [-0.25, -0.2) is 4.79 Å². The van der Waals surface area contributed by atoms with Gasteiger partial charge in [0.2, 0.25) is 11.9 Å². The maximum Gasteiger partial charge on any atom is 0.348 e. The smallest absolute Gasteiger partial charge is 0.348 e. The van der Waals surface area contributed by atoms with Gasteiger partial charge in [-0.2, -0.15) is 0 Å². The van der Waals surface area contributed by atoms with Crippen molar-refractivity contribution in [3.63, 3.8) is 0 Å². The zero-order valence-electron chi connectivity index (χ0n) is 14.1. The standard InChI is InChI=1S/C20H22O4/c1-19(2,3)18-23-17(22)20(24-18,15-12-8-5-9-13-15)16(21)14-10-6-4-7-11-14/h4-13,16,18,21H,1-3H3/t16?,18-,20?/m1/s1. The van der Waals surface area contributed by atoms with Crippen LogP contribution in [0.2, 0.25) is 0 Å². The third-order valence-corrected chi connectivity index (χ3v) is 4.22. The van der Waals surface area contributed by atoms with Crippen molar-refractivity contribution in [2.24, 2.45) is 5.41 Å². The summed E-state index contributed by atoms with van der Waals surface area (Å²) in [6.07, 6.45) is -1.90. The lowest BCUT2D eigenvalue weighted by atomic mass is 9.84. The Balaban J connectivity index is 2.11. The van der Waals surface area contributed by atoms with Crippen molar-refractivity contribution in [1.29, 1.82) is 0 Å². The SMILES string of the molecule is CC(C)(C)[C@@H]1OC(=O)C(c2ccccc2)(C(O)c2ccccc2)O1. The van der Waals surface area contributed by atoms with E-state index in [1.165, 1.54) is 0 Å². The quantitative estimate of drug-likeness (QED) is 0.876. The fourth-order valence-electron chi connectivity index (χ4n) is 2.85. The summed E-state index contributed by atoms with van der Waals surface area (Å²) in [6, 6.07) is 18.1. The molecule has 2 aromatic carbocycles. The Bertz CT molecular complexity index is 705. The lowest BCUT2D eigenvalue weighted by molar-refractivity contribution is -0.175. The average molecular weight is 326 g/mol. The van der Waals surface area contributed by atoms with Gasteiger partial charge < -0.3 is 14.6 Å². The van der Waals surface area contributed by atoms with Gasteiger partial charge in [0.15, 0.2) is 0 Å². The van der Waals surface area contributed by atoms with Crippen molar-refractivity contribution in [2.45, 2.75) is 38.8 Å². The maximum atomic E-state index is 12.9. The largest absolute Gasteiger partial charge is 0.433 e. The molecule has 0 aromatic heterocycles. The first-order chi connectivity index (χ1) is 11.4. The number of rotatable bonds is 3. The first-order valence-electron chi connectivity index (χ1n) is 8.03. The van der Waals surface area contributed by atoms with E-state index in [1.807, 2.05) is 57.2 Å². The Hall–Kier alpha value is -2.17. The molecule has 0 radical (unpaired) electrons. The molecule has 2 aromatic rings. The summed E-state index contributed by atoms with van der Waals surface area (Å²) in [5.74, 6) is -0.565. The van der Waals surface area contributed by atoms with E-state index in [9.17, 15) is 9.90 Å². The van der Waals surface area contributed by atoms with Crippen LogP contribution in [0.4, 0.5) is 0 Å². The molecule has 1 fully saturated rings. The van der Waals surface area contributed by atoms with E-state index in [1.54, 1.807) is 24.3 Å². The molecule has 1 N–H and O–H groups in total. The van der Waals surface area contributed by atoms with Gasteiger partial charge in [-0.1, -0.05) is 81.4 Å². The molecule has 126 valence electrons. The molecule has 0 bridgehead atoms. The van der Waals surface area contributed by atoms with Crippen LogP contribution in [0.5, 0.6) is 0 Å². The van der Waals surface area contributed by atoms with E-state index in [0.29, 0.717) is 11.1 Å². The van der Waals surface area contributed by atoms with Crippen LogP contribution in [0.3, 0.4) is 0 Å². The zero-order chi connectivity index (χ0) is 17.4. The maximum absolute atomic E-state index is 12.9. The third-order valence-electron chi connectivity index (χ3n) is 4.22. The summed E-state index contributed by atoms with van der Waals surface area (Å²) in [5.41, 5.74) is -0.783. The fourth-order valence-corrected chi connectivity index (χ4v) is 2.85. The molecule has 0 amide bonds. The molecule has 0 saturated carbocycles. The van der Waals surface area contributed by atoms with Crippen molar-refractivity contribution in [2.75, 3.05) is 0 Å². The van der Waals surface area contributed by atoms with Crippen LogP contribution in [-0.2, 0) is 19.9 Å². The van der Waals surface area contributed by atoms with Crippen LogP contribution in [0.15, 0.2) is 60.7 Å². The molecular formula is C20H22O4. The zero-order valence-corrected chi connectivity index (χ0v) is 14.1. The molecule has 3 atom stereocenters.